The Kier molecular flexibility index (Phi) is 10.0. The van der Waals surface area contributed by atoms with Crippen LogP contribution in [0.1, 0.15) is 59.3 Å². The topological polar surface area (TPSA) is 0 Å². The van der Waals surface area contributed by atoms with Crippen LogP contribution in [0, 0.1) is 0 Å². The van der Waals surface area contributed by atoms with Crippen LogP contribution >= 0.6 is 7.81 Å². The summed E-state index contributed by atoms with van der Waals surface area (Å²) in [5.41, 5.74) is 0. The standard InChI is InChI=1S/C15H32N.F6P/c1-5-9-13-16(12-8-4,14-10-6-2)15-11-7-3;1-7(2,3,4,5)6/h8H,4-7,9-15H2,1-3H3;/q+1;-1. The summed E-state index contributed by atoms with van der Waals surface area (Å²) in [5.74, 6) is 0. The molecule has 0 saturated heterocycles. The second-order valence-electron chi connectivity index (χ2n) is 6.00. The van der Waals surface area contributed by atoms with Gasteiger partial charge in [-0.1, -0.05) is 46.6 Å². The Labute approximate surface area is 136 Å². The molecule has 0 N–H and O–H groups in total. The summed E-state index contributed by atoms with van der Waals surface area (Å²) in [6.45, 7) is 16.1. The van der Waals surface area contributed by atoms with Gasteiger partial charge in [-0.2, -0.15) is 0 Å². The molecule has 0 heterocycles. The molecule has 0 aromatic heterocycles. The third-order valence-corrected chi connectivity index (χ3v) is 3.47. The molecule has 0 saturated carbocycles. The summed E-state index contributed by atoms with van der Waals surface area (Å²) in [5, 5.41) is 0. The summed E-state index contributed by atoms with van der Waals surface area (Å²) < 4.78 is 60.5. The average Bonchev–Trinajstić information content (AvgIpc) is 2.37. The van der Waals surface area contributed by atoms with Gasteiger partial charge in [-0.15, -0.1) is 0 Å². The SMILES string of the molecule is C=CC[N+](CCCC)(CCCC)CCCC.F[P-](F)(F)(F)(F)F. The Bertz CT molecular complexity index is 291. The molecule has 0 fully saturated rings. The molecule has 144 valence electrons. The van der Waals surface area contributed by atoms with Crippen molar-refractivity contribution < 1.29 is 29.7 Å². The molecule has 0 aromatic carbocycles. The van der Waals surface area contributed by atoms with Crippen LogP contribution in [-0.4, -0.2) is 30.7 Å². The van der Waals surface area contributed by atoms with Gasteiger partial charge in [-0.25, -0.2) is 0 Å². The van der Waals surface area contributed by atoms with Crippen molar-refractivity contribution in [2.24, 2.45) is 0 Å². The molecule has 0 aromatic rings. The first-order valence-electron chi connectivity index (χ1n) is 8.22. The fourth-order valence-electron chi connectivity index (χ4n) is 2.36. The van der Waals surface area contributed by atoms with Gasteiger partial charge in [-0.3, -0.25) is 0 Å². The van der Waals surface area contributed by atoms with Gasteiger partial charge >= 0.3 is 33.0 Å². The molecular formula is C15H32F6NP. The zero-order valence-electron chi connectivity index (χ0n) is 14.5. The summed E-state index contributed by atoms with van der Waals surface area (Å²) >= 11 is 0. The van der Waals surface area contributed by atoms with E-state index in [4.69, 9.17) is 0 Å². The number of unbranched alkanes of at least 4 members (excludes halogenated alkanes) is 3. The van der Waals surface area contributed by atoms with Crippen LogP contribution in [0.4, 0.5) is 25.2 Å². The molecule has 0 amide bonds. The second-order valence-corrected chi connectivity index (χ2v) is 7.92. The van der Waals surface area contributed by atoms with Gasteiger partial charge in [0.25, 0.3) is 0 Å². The Morgan fingerprint density at radius 3 is 1.17 bits per heavy atom. The van der Waals surface area contributed by atoms with Crippen molar-refractivity contribution in [2.75, 3.05) is 26.2 Å². The molecule has 23 heavy (non-hydrogen) atoms. The molecule has 8 heteroatoms. The van der Waals surface area contributed by atoms with Crippen molar-refractivity contribution in [3.05, 3.63) is 12.7 Å². The van der Waals surface area contributed by atoms with Gasteiger partial charge in [-0.05, 0) is 25.3 Å². The molecule has 0 radical (unpaired) electrons. The summed E-state index contributed by atoms with van der Waals surface area (Å²) in [4.78, 5) is 0. The second kappa shape index (κ2) is 9.26. The van der Waals surface area contributed by atoms with Crippen LogP contribution in [0.5, 0.6) is 0 Å². The van der Waals surface area contributed by atoms with E-state index in [2.05, 4.69) is 33.4 Å². The third kappa shape index (κ3) is 24.1. The Hall–Kier alpha value is -0.290. The minimum absolute atomic E-state index is 1.17. The predicted octanol–water partition coefficient (Wildman–Crippen LogP) is 7.77. The van der Waals surface area contributed by atoms with Crippen molar-refractivity contribution in [1.29, 1.82) is 0 Å². The van der Waals surface area contributed by atoms with E-state index in [-0.39, 0.29) is 0 Å². The molecule has 0 unspecified atom stereocenters. The van der Waals surface area contributed by atoms with Crippen molar-refractivity contribution >= 4 is 7.81 Å². The fraction of sp³-hybridized carbons (Fsp3) is 0.867. The van der Waals surface area contributed by atoms with E-state index in [1.54, 1.807) is 0 Å². The van der Waals surface area contributed by atoms with Gasteiger partial charge in [0.2, 0.25) is 0 Å². The van der Waals surface area contributed by atoms with Crippen LogP contribution < -0.4 is 0 Å². The van der Waals surface area contributed by atoms with E-state index in [0.717, 1.165) is 0 Å². The first-order valence-corrected chi connectivity index (χ1v) is 10.2. The molecule has 0 atom stereocenters. The number of hydrogen-bond acceptors (Lipinski definition) is 0. The maximum atomic E-state index is 9.87. The normalized spacial score (nSPS) is 15.2. The summed E-state index contributed by atoms with van der Waals surface area (Å²) in [6, 6.07) is 0. The number of rotatable bonds is 11. The van der Waals surface area contributed by atoms with Gasteiger partial charge in [0.1, 0.15) is 0 Å². The van der Waals surface area contributed by atoms with Crippen molar-refractivity contribution in [3.8, 4) is 0 Å². The van der Waals surface area contributed by atoms with Gasteiger partial charge in [0.05, 0.1) is 26.2 Å². The number of hydrogen-bond donors (Lipinski definition) is 0. The van der Waals surface area contributed by atoms with E-state index in [1.165, 1.54) is 69.2 Å². The van der Waals surface area contributed by atoms with Crippen LogP contribution in [-0.2, 0) is 0 Å². The quantitative estimate of drug-likeness (QED) is 0.151. The Balaban J connectivity index is 0. The monoisotopic (exact) mass is 371 g/mol. The number of quaternary nitrogens is 1. The van der Waals surface area contributed by atoms with Gasteiger partial charge < -0.3 is 4.48 Å². The average molecular weight is 371 g/mol. The third-order valence-electron chi connectivity index (χ3n) is 3.47. The minimum atomic E-state index is -10.7. The Morgan fingerprint density at radius 2 is 1.00 bits per heavy atom. The molecule has 0 bridgehead atoms. The summed E-state index contributed by atoms with van der Waals surface area (Å²) in [7, 11) is -10.7. The van der Waals surface area contributed by atoms with Crippen LogP contribution in [0.25, 0.3) is 0 Å². The van der Waals surface area contributed by atoms with Gasteiger partial charge in [0, 0.05) is 0 Å². The fourth-order valence-corrected chi connectivity index (χ4v) is 2.36. The number of halogens is 6. The van der Waals surface area contributed by atoms with Crippen LogP contribution in [0.3, 0.4) is 0 Å². The zero-order chi connectivity index (χ0) is 18.7. The van der Waals surface area contributed by atoms with E-state index in [1.807, 2.05) is 0 Å². The molecule has 1 nitrogen and oxygen atoms in total. The van der Waals surface area contributed by atoms with E-state index in [0.29, 0.717) is 0 Å². The molecule has 0 aliphatic heterocycles. The van der Waals surface area contributed by atoms with Crippen molar-refractivity contribution in [1.82, 2.24) is 0 Å². The van der Waals surface area contributed by atoms with E-state index >= 15 is 0 Å². The Morgan fingerprint density at radius 1 is 0.739 bits per heavy atom. The van der Waals surface area contributed by atoms with E-state index < -0.39 is 7.81 Å². The molecular weight excluding hydrogens is 339 g/mol. The van der Waals surface area contributed by atoms with E-state index in [9.17, 15) is 25.2 Å². The van der Waals surface area contributed by atoms with Crippen molar-refractivity contribution in [2.45, 2.75) is 59.3 Å². The first-order chi connectivity index (χ1) is 10.2. The molecule has 0 rings (SSSR count). The predicted molar refractivity (Wildman–Crippen MR) is 88.2 cm³/mol. The zero-order valence-corrected chi connectivity index (χ0v) is 15.4. The molecule has 0 aliphatic rings. The summed E-state index contributed by atoms with van der Waals surface area (Å²) in [6.07, 6.45) is 10.2. The van der Waals surface area contributed by atoms with Crippen molar-refractivity contribution in [3.63, 3.8) is 0 Å². The molecule has 0 aliphatic carbocycles. The van der Waals surface area contributed by atoms with Gasteiger partial charge in [0.15, 0.2) is 0 Å². The molecule has 0 spiro atoms. The van der Waals surface area contributed by atoms with Crippen LogP contribution in [0.15, 0.2) is 12.7 Å². The first kappa shape index (κ1) is 25.0. The number of nitrogens with zero attached hydrogens (tertiary/aromatic N) is 1. The maximum absolute atomic E-state index is 10.7. The van der Waals surface area contributed by atoms with Crippen LogP contribution in [0.2, 0.25) is 0 Å².